The lowest BCUT2D eigenvalue weighted by Gasteiger charge is -2.33. The molecule has 12 heteroatoms. The second-order valence-corrected chi connectivity index (χ2v) is 7.03. The number of nitrogens with two attached hydrogens (primary N) is 1. The normalized spacial score (nSPS) is 18.6. The van der Waals surface area contributed by atoms with Crippen LogP contribution in [0.1, 0.15) is 25.3 Å². The number of carbonyl (C=O) groups is 2. The Kier molecular flexibility index (Phi) is 9.69. The van der Waals surface area contributed by atoms with E-state index < -0.39 is 53.9 Å². The van der Waals surface area contributed by atoms with Crippen LogP contribution in [0.3, 0.4) is 0 Å². The fourth-order valence-electron chi connectivity index (χ4n) is 3.24. The van der Waals surface area contributed by atoms with Gasteiger partial charge in [-0.25, -0.2) is 9.79 Å². The van der Waals surface area contributed by atoms with Gasteiger partial charge in [-0.15, -0.1) is 0 Å². The van der Waals surface area contributed by atoms with Crippen molar-refractivity contribution in [2.75, 3.05) is 33.2 Å². The van der Waals surface area contributed by atoms with Crippen molar-refractivity contribution in [3.8, 4) is 0 Å². The summed E-state index contributed by atoms with van der Waals surface area (Å²) in [5.74, 6) is -5.97. The minimum atomic E-state index is -5.08. The standard InChI is InChI=1S/C21H24ClF3N2O6/c1-3-31-19(28)15-14(12-7-5-6-8-13(12)22)16(20(29)32-4-2)18(33-11-30-10-9-26)27-17(15)21(23,24)25/h5-8,14,16H,3-4,9-11,26H2,1-2H3. The van der Waals surface area contributed by atoms with E-state index in [4.69, 9.17) is 36.3 Å². The highest BCUT2D eigenvalue weighted by Gasteiger charge is 2.52. The van der Waals surface area contributed by atoms with E-state index in [9.17, 15) is 22.8 Å². The average molecular weight is 493 g/mol. The number of carbonyl (C=O) groups excluding carboxylic acids is 2. The zero-order chi connectivity index (χ0) is 24.6. The van der Waals surface area contributed by atoms with Gasteiger partial charge in [0, 0.05) is 17.5 Å². The largest absolute Gasteiger partial charge is 0.465 e. The average Bonchev–Trinajstić information content (AvgIpc) is 2.75. The summed E-state index contributed by atoms with van der Waals surface area (Å²) in [5.41, 5.74) is 2.97. The maximum absolute atomic E-state index is 14.0. The second kappa shape index (κ2) is 12.0. The highest BCUT2D eigenvalue weighted by Crippen LogP contribution is 2.46. The molecule has 1 aromatic rings. The molecule has 33 heavy (non-hydrogen) atoms. The van der Waals surface area contributed by atoms with Crippen LogP contribution >= 0.6 is 11.6 Å². The first-order chi connectivity index (χ1) is 15.7. The Labute approximate surface area is 193 Å². The summed E-state index contributed by atoms with van der Waals surface area (Å²) in [4.78, 5) is 29.2. The monoisotopic (exact) mass is 492 g/mol. The third-order valence-electron chi connectivity index (χ3n) is 4.48. The number of nitrogens with zero attached hydrogens (tertiary/aromatic N) is 1. The van der Waals surface area contributed by atoms with E-state index >= 15 is 0 Å². The molecule has 0 amide bonds. The molecule has 2 rings (SSSR count). The molecule has 1 aromatic carbocycles. The van der Waals surface area contributed by atoms with Gasteiger partial charge >= 0.3 is 18.1 Å². The van der Waals surface area contributed by atoms with E-state index in [1.807, 2.05) is 0 Å². The Balaban J connectivity index is 2.79. The maximum atomic E-state index is 14.0. The van der Waals surface area contributed by atoms with Crippen molar-refractivity contribution in [2.24, 2.45) is 16.6 Å². The SMILES string of the molecule is CCOC(=O)C1=C(C(F)(F)F)N=C(OCOCCN)C(C(=O)OCC)C1c1ccccc1Cl. The van der Waals surface area contributed by atoms with Crippen LogP contribution in [0.15, 0.2) is 40.5 Å². The van der Waals surface area contributed by atoms with Crippen molar-refractivity contribution in [3.05, 3.63) is 46.1 Å². The Hall–Kier alpha value is -2.63. The van der Waals surface area contributed by atoms with Gasteiger partial charge in [-0.1, -0.05) is 29.8 Å². The molecule has 0 saturated carbocycles. The Morgan fingerprint density at radius 2 is 1.82 bits per heavy atom. The number of esters is 2. The molecular formula is C21H24ClF3N2O6. The van der Waals surface area contributed by atoms with Crippen LogP contribution in [0.25, 0.3) is 0 Å². The fourth-order valence-corrected chi connectivity index (χ4v) is 3.50. The van der Waals surface area contributed by atoms with Crippen LogP contribution in [-0.4, -0.2) is 57.2 Å². The summed E-state index contributed by atoms with van der Waals surface area (Å²) in [6.07, 6.45) is -5.08. The van der Waals surface area contributed by atoms with E-state index in [2.05, 4.69) is 4.99 Å². The molecule has 1 aliphatic heterocycles. The lowest BCUT2D eigenvalue weighted by Crippen LogP contribution is -2.41. The molecule has 0 radical (unpaired) electrons. The van der Waals surface area contributed by atoms with Gasteiger partial charge in [0.15, 0.2) is 12.5 Å². The lowest BCUT2D eigenvalue weighted by atomic mass is 9.77. The first-order valence-corrected chi connectivity index (χ1v) is 10.4. The van der Waals surface area contributed by atoms with Crippen molar-refractivity contribution in [1.82, 2.24) is 0 Å². The number of benzene rings is 1. The van der Waals surface area contributed by atoms with Crippen molar-refractivity contribution >= 4 is 29.4 Å². The van der Waals surface area contributed by atoms with Gasteiger partial charge in [0.2, 0.25) is 5.90 Å². The van der Waals surface area contributed by atoms with Gasteiger partial charge < -0.3 is 24.7 Å². The highest BCUT2D eigenvalue weighted by atomic mass is 35.5. The molecular weight excluding hydrogens is 469 g/mol. The van der Waals surface area contributed by atoms with Gasteiger partial charge in [-0.3, -0.25) is 4.79 Å². The predicted molar refractivity (Wildman–Crippen MR) is 112 cm³/mol. The van der Waals surface area contributed by atoms with Crippen LogP contribution in [0.4, 0.5) is 13.2 Å². The summed E-state index contributed by atoms with van der Waals surface area (Å²) >= 11 is 6.28. The number of halogens is 4. The zero-order valence-electron chi connectivity index (χ0n) is 18.0. The predicted octanol–water partition coefficient (Wildman–Crippen LogP) is 3.34. The van der Waals surface area contributed by atoms with E-state index in [1.165, 1.54) is 32.0 Å². The number of hydrogen-bond acceptors (Lipinski definition) is 8. The summed E-state index contributed by atoms with van der Waals surface area (Å²) in [6, 6.07) is 5.89. The number of allylic oxidation sites excluding steroid dienone is 1. The highest BCUT2D eigenvalue weighted by molar-refractivity contribution is 6.31. The number of aliphatic imine (C=N–C) groups is 1. The van der Waals surface area contributed by atoms with Crippen molar-refractivity contribution in [1.29, 1.82) is 0 Å². The molecule has 182 valence electrons. The first-order valence-electron chi connectivity index (χ1n) is 10.1. The van der Waals surface area contributed by atoms with Gasteiger partial charge in [0.05, 0.1) is 25.4 Å². The van der Waals surface area contributed by atoms with Crippen LogP contribution in [0, 0.1) is 5.92 Å². The van der Waals surface area contributed by atoms with Crippen LogP contribution in [-0.2, 0) is 28.5 Å². The van der Waals surface area contributed by atoms with Gasteiger partial charge in [0.1, 0.15) is 5.92 Å². The minimum Gasteiger partial charge on any atom is -0.465 e. The van der Waals surface area contributed by atoms with E-state index in [1.54, 1.807) is 6.07 Å². The summed E-state index contributed by atoms with van der Waals surface area (Å²) in [7, 11) is 0. The third kappa shape index (κ3) is 6.46. The molecule has 0 spiro atoms. The van der Waals surface area contributed by atoms with E-state index in [0.29, 0.717) is 0 Å². The number of rotatable bonds is 9. The summed E-state index contributed by atoms with van der Waals surface area (Å²) < 4.78 is 62.5. The molecule has 0 aromatic heterocycles. The van der Waals surface area contributed by atoms with Crippen molar-refractivity contribution < 1.29 is 41.7 Å². The maximum Gasteiger partial charge on any atom is 0.434 e. The molecule has 1 heterocycles. The lowest BCUT2D eigenvalue weighted by molar-refractivity contribution is -0.147. The summed E-state index contributed by atoms with van der Waals surface area (Å²) in [5, 5.41) is 0.0285. The van der Waals surface area contributed by atoms with E-state index in [0.717, 1.165) is 0 Å². The Morgan fingerprint density at radius 1 is 1.15 bits per heavy atom. The van der Waals surface area contributed by atoms with Gasteiger partial charge in [-0.2, -0.15) is 13.2 Å². The van der Waals surface area contributed by atoms with E-state index in [-0.39, 0.29) is 37.0 Å². The zero-order valence-corrected chi connectivity index (χ0v) is 18.7. The minimum absolute atomic E-state index is 0.0285. The summed E-state index contributed by atoms with van der Waals surface area (Å²) in [6.45, 7) is 2.35. The Morgan fingerprint density at radius 3 is 2.39 bits per heavy atom. The second-order valence-electron chi connectivity index (χ2n) is 6.62. The quantitative estimate of drug-likeness (QED) is 0.320. The molecule has 0 saturated heterocycles. The van der Waals surface area contributed by atoms with Crippen molar-refractivity contribution in [3.63, 3.8) is 0 Å². The topological polar surface area (TPSA) is 109 Å². The molecule has 2 unspecified atom stereocenters. The number of hydrogen-bond donors (Lipinski definition) is 1. The van der Waals surface area contributed by atoms with Gasteiger partial charge in [0.25, 0.3) is 0 Å². The molecule has 1 aliphatic rings. The van der Waals surface area contributed by atoms with Crippen LogP contribution in [0.2, 0.25) is 5.02 Å². The number of ether oxygens (including phenoxy) is 4. The number of alkyl halides is 3. The fraction of sp³-hybridized carbons (Fsp3) is 0.476. The molecule has 0 aliphatic carbocycles. The first kappa shape index (κ1) is 26.6. The van der Waals surface area contributed by atoms with Crippen LogP contribution in [0.5, 0.6) is 0 Å². The molecule has 2 atom stereocenters. The molecule has 0 bridgehead atoms. The third-order valence-corrected chi connectivity index (χ3v) is 4.83. The molecule has 8 nitrogen and oxygen atoms in total. The Bertz CT molecular complexity index is 920. The van der Waals surface area contributed by atoms with Gasteiger partial charge in [-0.05, 0) is 25.5 Å². The van der Waals surface area contributed by atoms with Crippen LogP contribution < -0.4 is 5.73 Å². The molecule has 2 N–H and O–H groups in total. The molecule has 0 fully saturated rings. The smallest absolute Gasteiger partial charge is 0.434 e. The van der Waals surface area contributed by atoms with Crippen molar-refractivity contribution in [2.45, 2.75) is 25.9 Å².